The van der Waals surface area contributed by atoms with Gasteiger partial charge < -0.3 is 23.6 Å². The highest BCUT2D eigenvalue weighted by atomic mass is 16.5. The molecule has 2 heterocycles. The van der Waals surface area contributed by atoms with E-state index in [1.807, 2.05) is 17.0 Å². The van der Waals surface area contributed by atoms with E-state index in [4.69, 9.17) is 18.7 Å². The summed E-state index contributed by atoms with van der Waals surface area (Å²) in [7, 11) is 4.83. The molecule has 8 nitrogen and oxygen atoms in total. The average molecular weight is 389 g/mol. The third-order valence-corrected chi connectivity index (χ3v) is 5.09. The van der Waals surface area contributed by atoms with Crippen LogP contribution in [-0.4, -0.2) is 68.4 Å². The van der Waals surface area contributed by atoms with Gasteiger partial charge >= 0.3 is 0 Å². The first kappa shape index (κ1) is 20.0. The summed E-state index contributed by atoms with van der Waals surface area (Å²) in [5.74, 6) is 2.46. The fourth-order valence-electron chi connectivity index (χ4n) is 3.58. The number of aryl methyl sites for hydroxylation is 2. The van der Waals surface area contributed by atoms with Crippen LogP contribution < -0.4 is 14.2 Å². The summed E-state index contributed by atoms with van der Waals surface area (Å²) >= 11 is 0. The third-order valence-electron chi connectivity index (χ3n) is 5.09. The van der Waals surface area contributed by atoms with Crippen molar-refractivity contribution in [3.05, 3.63) is 34.7 Å². The second-order valence-corrected chi connectivity index (χ2v) is 6.76. The van der Waals surface area contributed by atoms with Crippen molar-refractivity contribution in [1.29, 1.82) is 0 Å². The van der Waals surface area contributed by atoms with Gasteiger partial charge in [0.1, 0.15) is 11.3 Å². The lowest BCUT2D eigenvalue weighted by atomic mass is 10.1. The highest BCUT2D eigenvalue weighted by molar-refractivity contribution is 5.96. The Morgan fingerprint density at radius 2 is 1.71 bits per heavy atom. The molecule has 0 unspecified atom stereocenters. The van der Waals surface area contributed by atoms with Gasteiger partial charge in [-0.3, -0.25) is 9.69 Å². The summed E-state index contributed by atoms with van der Waals surface area (Å²) in [5, 5.41) is 3.88. The normalized spacial score (nSPS) is 14.8. The molecule has 0 aliphatic carbocycles. The van der Waals surface area contributed by atoms with E-state index in [-0.39, 0.29) is 5.91 Å². The lowest BCUT2D eigenvalue weighted by Crippen LogP contribution is -2.48. The number of carbonyl (C=O) groups is 1. The van der Waals surface area contributed by atoms with Crippen molar-refractivity contribution < 1.29 is 23.5 Å². The van der Waals surface area contributed by atoms with Crippen LogP contribution >= 0.6 is 0 Å². The Balaban J connectivity index is 1.67. The maximum Gasteiger partial charge on any atom is 0.259 e. The number of aromatic nitrogens is 1. The van der Waals surface area contributed by atoms with E-state index in [9.17, 15) is 4.79 Å². The number of hydrogen-bond acceptors (Lipinski definition) is 7. The standard InChI is InChI=1S/C20H27N3O5/c1-13-17(14(2)28-21-13)20(24)23-10-8-22(9-11-23)12-15-6-7-16(25-3)19(27-5)18(15)26-4/h6-7H,8-12H2,1-5H3. The summed E-state index contributed by atoms with van der Waals surface area (Å²) in [5.41, 5.74) is 2.24. The van der Waals surface area contributed by atoms with Gasteiger partial charge in [-0.05, 0) is 19.9 Å². The SMILES string of the molecule is COc1ccc(CN2CCN(C(=O)c3c(C)noc3C)CC2)c(OC)c1OC. The number of carbonyl (C=O) groups excluding carboxylic acids is 1. The summed E-state index contributed by atoms with van der Waals surface area (Å²) in [6.45, 7) is 7.11. The van der Waals surface area contributed by atoms with Crippen LogP contribution in [0.3, 0.4) is 0 Å². The van der Waals surface area contributed by atoms with Crippen molar-refractivity contribution in [3.63, 3.8) is 0 Å². The number of piperazine rings is 1. The molecule has 1 aromatic carbocycles. The molecule has 1 fully saturated rings. The van der Waals surface area contributed by atoms with Crippen LogP contribution in [0.1, 0.15) is 27.4 Å². The monoisotopic (exact) mass is 389 g/mol. The zero-order chi connectivity index (χ0) is 20.3. The Morgan fingerprint density at radius 1 is 1.04 bits per heavy atom. The molecule has 1 aliphatic heterocycles. The number of rotatable bonds is 6. The fourth-order valence-corrected chi connectivity index (χ4v) is 3.58. The van der Waals surface area contributed by atoms with E-state index in [1.165, 1.54) is 0 Å². The van der Waals surface area contributed by atoms with E-state index in [2.05, 4.69) is 10.1 Å². The van der Waals surface area contributed by atoms with Crippen molar-refractivity contribution in [1.82, 2.24) is 15.0 Å². The second-order valence-electron chi connectivity index (χ2n) is 6.76. The first-order valence-corrected chi connectivity index (χ1v) is 9.22. The first-order chi connectivity index (χ1) is 13.5. The third kappa shape index (κ3) is 3.77. The Morgan fingerprint density at radius 3 is 2.25 bits per heavy atom. The molecule has 0 saturated carbocycles. The quantitative estimate of drug-likeness (QED) is 0.750. The minimum Gasteiger partial charge on any atom is -0.493 e. The summed E-state index contributed by atoms with van der Waals surface area (Å²) in [6, 6.07) is 3.87. The molecule has 0 radical (unpaired) electrons. The van der Waals surface area contributed by atoms with Crippen LogP contribution in [0.4, 0.5) is 0 Å². The van der Waals surface area contributed by atoms with Crippen molar-refractivity contribution in [2.24, 2.45) is 0 Å². The summed E-state index contributed by atoms with van der Waals surface area (Å²) in [4.78, 5) is 16.9. The van der Waals surface area contributed by atoms with E-state index >= 15 is 0 Å². The number of hydrogen-bond donors (Lipinski definition) is 0. The molecular weight excluding hydrogens is 362 g/mol. The zero-order valence-corrected chi connectivity index (χ0v) is 17.1. The highest BCUT2D eigenvalue weighted by Crippen LogP contribution is 2.40. The van der Waals surface area contributed by atoms with E-state index in [0.717, 1.165) is 18.7 Å². The largest absolute Gasteiger partial charge is 0.493 e. The number of nitrogens with zero attached hydrogens (tertiary/aromatic N) is 3. The molecule has 152 valence electrons. The maximum atomic E-state index is 12.8. The average Bonchev–Trinajstić information content (AvgIpc) is 3.05. The topological polar surface area (TPSA) is 77.3 Å². The lowest BCUT2D eigenvalue weighted by Gasteiger charge is -2.35. The fraction of sp³-hybridized carbons (Fsp3) is 0.500. The number of methoxy groups -OCH3 is 3. The van der Waals surface area contributed by atoms with Crippen LogP contribution in [-0.2, 0) is 6.54 Å². The molecule has 28 heavy (non-hydrogen) atoms. The van der Waals surface area contributed by atoms with Gasteiger partial charge in [0.25, 0.3) is 5.91 Å². The molecule has 2 aromatic rings. The molecule has 3 rings (SSSR count). The number of benzene rings is 1. The van der Waals surface area contributed by atoms with E-state index < -0.39 is 0 Å². The number of amides is 1. The van der Waals surface area contributed by atoms with Crippen LogP contribution in [0, 0.1) is 13.8 Å². The van der Waals surface area contributed by atoms with Gasteiger partial charge in [-0.2, -0.15) is 0 Å². The first-order valence-electron chi connectivity index (χ1n) is 9.22. The van der Waals surface area contributed by atoms with E-state index in [0.29, 0.717) is 53.9 Å². The Bertz CT molecular complexity index is 821. The van der Waals surface area contributed by atoms with E-state index in [1.54, 1.807) is 35.2 Å². The van der Waals surface area contributed by atoms with Gasteiger partial charge in [0, 0.05) is 38.3 Å². The van der Waals surface area contributed by atoms with Crippen molar-refractivity contribution in [3.8, 4) is 17.2 Å². The highest BCUT2D eigenvalue weighted by Gasteiger charge is 2.27. The zero-order valence-electron chi connectivity index (χ0n) is 17.1. The van der Waals surface area contributed by atoms with Gasteiger partial charge in [0.05, 0.1) is 27.0 Å². The minimum absolute atomic E-state index is 0.0143. The van der Waals surface area contributed by atoms with Gasteiger partial charge in [0.15, 0.2) is 11.5 Å². The molecule has 0 atom stereocenters. The van der Waals surface area contributed by atoms with Crippen molar-refractivity contribution >= 4 is 5.91 Å². The molecular formula is C20H27N3O5. The van der Waals surface area contributed by atoms with Gasteiger partial charge in [0.2, 0.25) is 5.75 Å². The van der Waals surface area contributed by atoms with Gasteiger partial charge in [-0.15, -0.1) is 0 Å². The lowest BCUT2D eigenvalue weighted by molar-refractivity contribution is 0.0625. The van der Waals surface area contributed by atoms with Crippen LogP contribution in [0.15, 0.2) is 16.7 Å². The van der Waals surface area contributed by atoms with Crippen molar-refractivity contribution in [2.45, 2.75) is 20.4 Å². The summed E-state index contributed by atoms with van der Waals surface area (Å²) < 4.78 is 21.5. The van der Waals surface area contributed by atoms with Gasteiger partial charge in [-0.25, -0.2) is 0 Å². The molecule has 1 saturated heterocycles. The smallest absolute Gasteiger partial charge is 0.259 e. The number of ether oxygens (including phenoxy) is 3. The molecule has 0 spiro atoms. The van der Waals surface area contributed by atoms with Crippen LogP contribution in [0.2, 0.25) is 0 Å². The molecule has 1 amide bonds. The van der Waals surface area contributed by atoms with Crippen molar-refractivity contribution in [2.75, 3.05) is 47.5 Å². The molecule has 8 heteroatoms. The second kappa shape index (κ2) is 8.52. The van der Waals surface area contributed by atoms with Crippen LogP contribution in [0.25, 0.3) is 0 Å². The minimum atomic E-state index is -0.0143. The molecule has 0 bridgehead atoms. The molecule has 1 aliphatic rings. The predicted octanol–water partition coefficient (Wildman–Crippen LogP) is 2.28. The van der Waals surface area contributed by atoms with Crippen LogP contribution in [0.5, 0.6) is 17.2 Å². The molecule has 1 aromatic heterocycles. The van der Waals surface area contributed by atoms with Gasteiger partial charge in [-0.1, -0.05) is 11.2 Å². The maximum absolute atomic E-state index is 12.8. The molecule has 0 N–H and O–H groups in total. The Labute approximate surface area is 164 Å². The summed E-state index contributed by atoms with van der Waals surface area (Å²) in [6.07, 6.45) is 0. The Kier molecular flexibility index (Phi) is 6.08. The predicted molar refractivity (Wildman–Crippen MR) is 103 cm³/mol. The Hall–Kier alpha value is -2.74.